The first-order chi connectivity index (χ1) is 11.1. The van der Waals surface area contributed by atoms with Gasteiger partial charge in [-0.05, 0) is 31.0 Å². The maximum absolute atomic E-state index is 13.2. The van der Waals surface area contributed by atoms with Crippen molar-refractivity contribution in [3.8, 4) is 5.75 Å². The molecule has 5 nitrogen and oxygen atoms in total. The smallest absolute Gasteiger partial charge is 0.438 e. The van der Waals surface area contributed by atoms with Crippen LogP contribution in [0.4, 0.5) is 13.2 Å². The molecule has 0 aromatic heterocycles. The second kappa shape index (κ2) is 6.60. The number of ether oxygens (including phenoxy) is 1. The summed E-state index contributed by atoms with van der Waals surface area (Å²) >= 11 is 5.91. The van der Waals surface area contributed by atoms with E-state index < -0.39 is 30.8 Å². The lowest BCUT2D eigenvalue weighted by Crippen LogP contribution is -2.57. The Hall–Kier alpha value is -1.80. The summed E-state index contributed by atoms with van der Waals surface area (Å²) in [5.74, 6) is -0.872. The highest BCUT2D eigenvalue weighted by Gasteiger charge is 2.62. The number of hydrogen-bond acceptors (Lipinski definition) is 4. The van der Waals surface area contributed by atoms with Gasteiger partial charge in [0.25, 0.3) is 11.6 Å². The predicted octanol–water partition coefficient (Wildman–Crippen LogP) is 3.28. The molecule has 0 saturated carbocycles. The molecule has 1 amide bonds. The van der Waals surface area contributed by atoms with Gasteiger partial charge in [-0.2, -0.15) is 23.3 Å². The van der Waals surface area contributed by atoms with E-state index >= 15 is 0 Å². The number of hydrazone groups is 1. The second-order valence-electron chi connectivity index (χ2n) is 5.42. The minimum atomic E-state index is -5.03. The number of alkyl halides is 3. The number of hydrogen-bond donors (Lipinski definition) is 1. The molecular formula is C15H16ClF3N2O3. The summed E-state index contributed by atoms with van der Waals surface area (Å²) in [4.78, 5) is 12.1. The van der Waals surface area contributed by atoms with Gasteiger partial charge in [-0.3, -0.25) is 4.79 Å². The van der Waals surface area contributed by atoms with Gasteiger partial charge in [-0.1, -0.05) is 24.6 Å². The molecular weight excluding hydrogens is 349 g/mol. The third-order valence-electron chi connectivity index (χ3n) is 3.65. The van der Waals surface area contributed by atoms with Crippen LogP contribution < -0.4 is 4.74 Å². The quantitative estimate of drug-likeness (QED) is 0.891. The van der Waals surface area contributed by atoms with Crippen molar-refractivity contribution in [3.63, 3.8) is 0 Å². The van der Waals surface area contributed by atoms with Crippen LogP contribution in [0, 0.1) is 6.92 Å². The lowest BCUT2D eigenvalue weighted by molar-refractivity contribution is -0.302. The average Bonchev–Trinajstić information content (AvgIpc) is 2.86. The third kappa shape index (κ3) is 3.49. The lowest BCUT2D eigenvalue weighted by Gasteiger charge is -2.32. The average molecular weight is 365 g/mol. The van der Waals surface area contributed by atoms with Crippen LogP contribution in [0.1, 0.15) is 25.3 Å². The predicted molar refractivity (Wildman–Crippen MR) is 81.9 cm³/mol. The highest BCUT2D eigenvalue weighted by molar-refractivity contribution is 6.31. The van der Waals surface area contributed by atoms with E-state index in [9.17, 15) is 23.1 Å². The Morgan fingerprint density at radius 3 is 2.71 bits per heavy atom. The molecule has 9 heteroatoms. The van der Waals surface area contributed by atoms with Crippen molar-refractivity contribution in [2.75, 3.05) is 6.61 Å². The van der Waals surface area contributed by atoms with Crippen LogP contribution in [0.5, 0.6) is 5.75 Å². The molecule has 1 aromatic rings. The fourth-order valence-corrected chi connectivity index (χ4v) is 2.34. The zero-order valence-electron chi connectivity index (χ0n) is 13.0. The minimum Gasteiger partial charge on any atom is -0.484 e. The first kappa shape index (κ1) is 18.5. The van der Waals surface area contributed by atoms with Crippen molar-refractivity contribution in [2.45, 2.75) is 38.6 Å². The molecule has 24 heavy (non-hydrogen) atoms. The zero-order valence-corrected chi connectivity index (χ0v) is 13.8. The molecule has 1 heterocycles. The molecule has 0 spiro atoms. The number of carbonyl (C=O) groups is 1. The first-order valence-electron chi connectivity index (χ1n) is 7.16. The van der Waals surface area contributed by atoms with Gasteiger partial charge in [-0.25, -0.2) is 0 Å². The lowest BCUT2D eigenvalue weighted by atomic mass is 10.1. The number of nitrogens with zero attached hydrogens (tertiary/aromatic N) is 2. The second-order valence-corrected chi connectivity index (χ2v) is 5.82. The van der Waals surface area contributed by atoms with E-state index in [1.165, 1.54) is 12.1 Å². The number of amides is 1. The molecule has 0 aliphatic carbocycles. The van der Waals surface area contributed by atoms with Gasteiger partial charge in [0.15, 0.2) is 6.61 Å². The molecule has 0 fully saturated rings. The molecule has 1 unspecified atom stereocenters. The summed E-state index contributed by atoms with van der Waals surface area (Å²) in [5.41, 5.74) is -2.47. The summed E-state index contributed by atoms with van der Waals surface area (Å²) in [6.07, 6.45) is -5.61. The van der Waals surface area contributed by atoms with Gasteiger partial charge >= 0.3 is 6.18 Å². The Labute approximate surface area is 141 Å². The fraction of sp³-hybridized carbons (Fsp3) is 0.467. The van der Waals surface area contributed by atoms with Crippen molar-refractivity contribution in [2.24, 2.45) is 5.10 Å². The first-order valence-corrected chi connectivity index (χ1v) is 7.53. The molecule has 0 saturated heterocycles. The van der Waals surface area contributed by atoms with Crippen molar-refractivity contribution in [3.05, 3.63) is 28.8 Å². The van der Waals surface area contributed by atoms with Crippen LogP contribution in [0.3, 0.4) is 0 Å². The maximum Gasteiger partial charge on any atom is 0.438 e. The number of halogens is 4. The molecule has 1 aromatic carbocycles. The van der Waals surface area contributed by atoms with Crippen LogP contribution in [0.2, 0.25) is 5.02 Å². The van der Waals surface area contributed by atoms with Crippen LogP contribution >= 0.6 is 11.6 Å². The standard InChI is InChI=1S/C15H16ClF3N2O3/c1-3-10-7-14(23,15(17,18)19)21(20-10)13(22)8-24-11-5-4-9(2)12(16)6-11/h4-6,23H,3,7-8H2,1-2H3. The van der Waals surface area contributed by atoms with E-state index in [0.717, 1.165) is 5.56 Å². The zero-order chi connectivity index (χ0) is 18.1. The Kier molecular flexibility index (Phi) is 5.10. The van der Waals surface area contributed by atoms with Crippen molar-refractivity contribution >= 4 is 23.2 Å². The van der Waals surface area contributed by atoms with Gasteiger partial charge in [0, 0.05) is 17.2 Å². The van der Waals surface area contributed by atoms with E-state index in [2.05, 4.69) is 5.10 Å². The van der Waals surface area contributed by atoms with Crippen molar-refractivity contribution in [1.29, 1.82) is 0 Å². The normalized spacial score (nSPS) is 21.0. The molecule has 0 bridgehead atoms. The molecule has 1 aliphatic heterocycles. The molecule has 2 rings (SSSR count). The van der Waals surface area contributed by atoms with Gasteiger partial charge < -0.3 is 9.84 Å². The highest BCUT2D eigenvalue weighted by atomic mass is 35.5. The summed E-state index contributed by atoms with van der Waals surface area (Å²) in [7, 11) is 0. The minimum absolute atomic E-state index is 0.0572. The van der Waals surface area contributed by atoms with Crippen molar-refractivity contribution in [1.82, 2.24) is 5.01 Å². The largest absolute Gasteiger partial charge is 0.484 e. The van der Waals surface area contributed by atoms with Gasteiger partial charge in [0.1, 0.15) is 5.75 Å². The van der Waals surface area contributed by atoms with Crippen molar-refractivity contribution < 1.29 is 27.8 Å². The molecule has 1 atom stereocenters. The summed E-state index contributed by atoms with van der Waals surface area (Å²) in [5, 5.41) is 14.0. The van der Waals surface area contributed by atoms with E-state index in [0.29, 0.717) is 5.02 Å². The van der Waals surface area contributed by atoms with E-state index in [1.54, 1.807) is 19.9 Å². The van der Waals surface area contributed by atoms with Gasteiger partial charge in [0.05, 0.1) is 0 Å². The number of aliphatic hydroxyl groups is 1. The van der Waals surface area contributed by atoms with Crippen LogP contribution in [0.15, 0.2) is 23.3 Å². The number of aryl methyl sites for hydroxylation is 1. The van der Waals surface area contributed by atoms with E-state index in [-0.39, 0.29) is 22.9 Å². The SMILES string of the molecule is CCC1=NN(C(=O)COc2ccc(C)c(Cl)c2)C(O)(C(F)(F)F)C1. The number of rotatable bonds is 4. The molecule has 1 aliphatic rings. The van der Waals surface area contributed by atoms with Crippen LogP contribution in [0.25, 0.3) is 0 Å². The van der Waals surface area contributed by atoms with E-state index in [4.69, 9.17) is 16.3 Å². The Balaban J connectivity index is 2.14. The van der Waals surface area contributed by atoms with Gasteiger partial charge in [-0.15, -0.1) is 0 Å². The summed E-state index contributed by atoms with van der Waals surface area (Å²) < 4.78 is 44.6. The maximum atomic E-state index is 13.2. The van der Waals surface area contributed by atoms with E-state index in [1.807, 2.05) is 0 Å². The monoisotopic (exact) mass is 364 g/mol. The molecule has 1 N–H and O–H groups in total. The topological polar surface area (TPSA) is 62.1 Å². The Bertz CT molecular complexity index is 678. The molecule has 132 valence electrons. The Morgan fingerprint density at radius 1 is 1.50 bits per heavy atom. The van der Waals surface area contributed by atoms with Crippen LogP contribution in [-0.2, 0) is 4.79 Å². The third-order valence-corrected chi connectivity index (χ3v) is 4.05. The van der Waals surface area contributed by atoms with Crippen LogP contribution in [-0.4, -0.2) is 40.2 Å². The fourth-order valence-electron chi connectivity index (χ4n) is 2.17. The Morgan fingerprint density at radius 2 is 2.17 bits per heavy atom. The summed E-state index contributed by atoms with van der Waals surface area (Å²) in [6, 6.07) is 4.64. The summed E-state index contributed by atoms with van der Waals surface area (Å²) in [6.45, 7) is 2.65. The highest BCUT2D eigenvalue weighted by Crippen LogP contribution is 2.40. The molecule has 0 radical (unpaired) electrons. The number of benzene rings is 1. The number of carbonyl (C=O) groups excluding carboxylic acids is 1. The van der Waals surface area contributed by atoms with Gasteiger partial charge in [0.2, 0.25) is 0 Å².